The predicted molar refractivity (Wildman–Crippen MR) is 391 cm³/mol. The third kappa shape index (κ3) is 70.5. The van der Waals surface area contributed by atoms with Crippen LogP contribution in [0.4, 0.5) is 0 Å². The van der Waals surface area contributed by atoms with Crippen molar-refractivity contribution in [3.8, 4) is 0 Å². The number of unbranched alkanes of at least 4 members (excludes halogenated alkanes) is 49. The molecule has 2 unspecified atom stereocenters. The van der Waals surface area contributed by atoms with E-state index in [4.69, 9.17) is 37.0 Å². The van der Waals surface area contributed by atoms with Crippen molar-refractivity contribution in [1.82, 2.24) is 0 Å². The monoisotopic (exact) mass is 1410 g/mol. The van der Waals surface area contributed by atoms with E-state index < -0.39 is 97.5 Å². The summed E-state index contributed by atoms with van der Waals surface area (Å²) in [7, 11) is -9.91. The van der Waals surface area contributed by atoms with Crippen molar-refractivity contribution >= 4 is 39.5 Å². The summed E-state index contributed by atoms with van der Waals surface area (Å²) in [4.78, 5) is 72.7. The first-order chi connectivity index (χ1) is 46.5. The molecule has 0 aliphatic heterocycles. The van der Waals surface area contributed by atoms with Crippen LogP contribution in [0.15, 0.2) is 0 Å². The Morgan fingerprint density at radius 1 is 0.281 bits per heavy atom. The van der Waals surface area contributed by atoms with Crippen LogP contribution in [0.3, 0.4) is 0 Å². The topological polar surface area (TPSA) is 237 Å². The number of hydrogen-bond donors (Lipinski definition) is 3. The van der Waals surface area contributed by atoms with Crippen molar-refractivity contribution in [3.63, 3.8) is 0 Å². The van der Waals surface area contributed by atoms with E-state index >= 15 is 0 Å². The fraction of sp³-hybridized carbons (Fsp3) is 0.948. The summed E-state index contributed by atoms with van der Waals surface area (Å²) in [6.07, 6.45) is 59.8. The van der Waals surface area contributed by atoms with Crippen molar-refractivity contribution in [1.29, 1.82) is 0 Å². The maximum atomic E-state index is 13.1. The van der Waals surface area contributed by atoms with Gasteiger partial charge in [-0.25, -0.2) is 9.13 Å². The fourth-order valence-electron chi connectivity index (χ4n) is 11.9. The van der Waals surface area contributed by atoms with Gasteiger partial charge in [0.05, 0.1) is 26.4 Å². The lowest BCUT2D eigenvalue weighted by atomic mass is 10.0. The third-order valence-corrected chi connectivity index (χ3v) is 19.9. The third-order valence-electron chi connectivity index (χ3n) is 18.0. The second-order valence-corrected chi connectivity index (χ2v) is 31.1. The smallest absolute Gasteiger partial charge is 0.462 e. The van der Waals surface area contributed by atoms with Gasteiger partial charge in [0.1, 0.15) is 19.3 Å². The highest BCUT2D eigenvalue weighted by atomic mass is 31.2. The highest BCUT2D eigenvalue weighted by Gasteiger charge is 2.30. The molecule has 0 radical (unpaired) electrons. The molecule has 0 aliphatic carbocycles. The molecular weight excluding hydrogens is 1260 g/mol. The largest absolute Gasteiger partial charge is 0.472 e. The van der Waals surface area contributed by atoms with Gasteiger partial charge in [-0.3, -0.25) is 37.3 Å². The molecule has 0 amide bonds. The van der Waals surface area contributed by atoms with Gasteiger partial charge >= 0.3 is 39.5 Å². The first-order valence-corrected chi connectivity index (χ1v) is 43.1. The molecule has 0 aromatic rings. The number of rotatable bonds is 77. The van der Waals surface area contributed by atoms with Crippen LogP contribution in [0.1, 0.15) is 407 Å². The van der Waals surface area contributed by atoms with E-state index in [0.29, 0.717) is 25.7 Å². The Bertz CT molecular complexity index is 1840. The van der Waals surface area contributed by atoms with Crippen molar-refractivity contribution in [2.45, 2.75) is 425 Å². The zero-order valence-corrected chi connectivity index (χ0v) is 64.3. The average molecular weight is 1410 g/mol. The SMILES string of the molecule is CCCCCCCCCCCCCCCCCCCCCCCC(=O)O[C@H](COC(=O)CCCCCCCCCCCCCCCC(C)C)COP(=O)(O)OC[C@@H](O)COP(=O)(O)OC[C@@H](COC(=O)CCCCCCCCCCC)OC(=O)CCCCCCCCCCCC. The van der Waals surface area contributed by atoms with Gasteiger partial charge in [-0.2, -0.15) is 0 Å². The molecule has 0 aromatic heterocycles. The Kier molecular flexibility index (Phi) is 68.7. The summed E-state index contributed by atoms with van der Waals surface area (Å²) >= 11 is 0. The molecule has 96 heavy (non-hydrogen) atoms. The number of hydrogen-bond acceptors (Lipinski definition) is 15. The van der Waals surface area contributed by atoms with Gasteiger partial charge in [0.15, 0.2) is 12.2 Å². The molecule has 0 heterocycles. The van der Waals surface area contributed by atoms with Crippen molar-refractivity contribution < 1.29 is 80.2 Å². The van der Waals surface area contributed by atoms with Crippen LogP contribution >= 0.6 is 15.6 Å². The van der Waals surface area contributed by atoms with Gasteiger partial charge in [-0.15, -0.1) is 0 Å². The van der Waals surface area contributed by atoms with Gasteiger partial charge in [0, 0.05) is 25.7 Å². The van der Waals surface area contributed by atoms with Crippen LogP contribution < -0.4 is 0 Å². The maximum Gasteiger partial charge on any atom is 0.472 e. The lowest BCUT2D eigenvalue weighted by Gasteiger charge is -2.21. The van der Waals surface area contributed by atoms with Crippen LogP contribution in [0.2, 0.25) is 0 Å². The summed E-state index contributed by atoms with van der Waals surface area (Å²) in [5, 5.41) is 10.6. The molecule has 17 nitrogen and oxygen atoms in total. The molecule has 0 rings (SSSR count). The van der Waals surface area contributed by atoms with E-state index in [0.717, 1.165) is 95.8 Å². The lowest BCUT2D eigenvalue weighted by molar-refractivity contribution is -0.161. The van der Waals surface area contributed by atoms with Gasteiger partial charge in [0.2, 0.25) is 0 Å². The van der Waals surface area contributed by atoms with E-state index in [1.165, 1.54) is 231 Å². The zero-order chi connectivity index (χ0) is 70.5. The molecule has 5 atom stereocenters. The summed E-state index contributed by atoms with van der Waals surface area (Å²) in [5.41, 5.74) is 0. The van der Waals surface area contributed by atoms with E-state index in [2.05, 4.69) is 34.6 Å². The van der Waals surface area contributed by atoms with Gasteiger partial charge in [-0.1, -0.05) is 356 Å². The zero-order valence-electron chi connectivity index (χ0n) is 62.5. The first-order valence-electron chi connectivity index (χ1n) is 40.1. The molecular formula is C77H150O17P2. The number of aliphatic hydroxyl groups is 1. The Hall–Kier alpha value is -1.94. The minimum absolute atomic E-state index is 0.107. The normalized spacial score (nSPS) is 13.9. The summed E-state index contributed by atoms with van der Waals surface area (Å²) in [5.74, 6) is -1.32. The Morgan fingerprint density at radius 3 is 0.708 bits per heavy atom. The second-order valence-electron chi connectivity index (χ2n) is 28.2. The van der Waals surface area contributed by atoms with Crippen LogP contribution in [0.5, 0.6) is 0 Å². The highest BCUT2D eigenvalue weighted by Crippen LogP contribution is 2.45. The predicted octanol–water partition coefficient (Wildman–Crippen LogP) is 22.9. The Labute approximate surface area is 588 Å². The number of esters is 4. The maximum absolute atomic E-state index is 13.1. The Morgan fingerprint density at radius 2 is 0.479 bits per heavy atom. The number of phosphoric acid groups is 2. The summed E-state index contributed by atoms with van der Waals surface area (Å²) < 4.78 is 68.5. The quantitative estimate of drug-likeness (QED) is 0.0222. The van der Waals surface area contributed by atoms with E-state index in [9.17, 15) is 43.2 Å². The first kappa shape index (κ1) is 94.1. The summed E-state index contributed by atoms with van der Waals surface area (Å²) in [6.45, 7) is 7.29. The fourth-order valence-corrected chi connectivity index (χ4v) is 13.5. The van der Waals surface area contributed by atoms with Gasteiger partial charge in [-0.05, 0) is 31.6 Å². The molecule has 3 N–H and O–H groups in total. The molecule has 19 heteroatoms. The van der Waals surface area contributed by atoms with Gasteiger partial charge in [0.25, 0.3) is 0 Å². The van der Waals surface area contributed by atoms with E-state index in [-0.39, 0.29) is 25.7 Å². The molecule has 570 valence electrons. The molecule has 0 spiro atoms. The number of ether oxygens (including phenoxy) is 4. The highest BCUT2D eigenvalue weighted by molar-refractivity contribution is 7.47. The number of aliphatic hydroxyl groups excluding tert-OH is 1. The lowest BCUT2D eigenvalue weighted by Crippen LogP contribution is -2.30. The standard InChI is InChI=1S/C77H150O17P2/c1-6-9-12-15-18-21-23-24-25-26-27-28-29-30-31-34-38-43-48-53-58-63-77(82)94-73(67-88-75(80)61-56-51-46-42-37-35-32-33-36-40-44-49-54-59-70(4)5)69-92-96(85,86)90-65-71(78)64-89-95(83,84)91-68-72(66-87-74(79)60-55-50-45-39-20-17-14-11-8-3)93-76(81)62-57-52-47-41-22-19-16-13-10-7-2/h70-73,78H,6-69H2,1-5H3,(H,83,84)(H,85,86)/t71-,72+,73+/m0/s1. The molecule has 0 saturated carbocycles. The molecule has 0 aromatic carbocycles. The minimum Gasteiger partial charge on any atom is -0.462 e. The minimum atomic E-state index is -4.96. The molecule has 0 fully saturated rings. The molecule has 0 aliphatic rings. The number of phosphoric ester groups is 2. The van der Waals surface area contributed by atoms with Crippen molar-refractivity contribution in [2.75, 3.05) is 39.6 Å². The van der Waals surface area contributed by atoms with Crippen molar-refractivity contribution in [3.05, 3.63) is 0 Å². The van der Waals surface area contributed by atoms with Crippen molar-refractivity contribution in [2.24, 2.45) is 5.92 Å². The average Bonchev–Trinajstić information content (AvgIpc) is 1.54. The van der Waals surface area contributed by atoms with Crippen LogP contribution in [-0.2, 0) is 65.4 Å². The molecule has 0 bridgehead atoms. The van der Waals surface area contributed by atoms with Crippen LogP contribution in [0, 0.1) is 5.92 Å². The summed E-state index contributed by atoms with van der Waals surface area (Å²) in [6, 6.07) is 0. The molecule has 0 saturated heterocycles. The second kappa shape index (κ2) is 70.1. The number of carbonyl (C=O) groups excluding carboxylic acids is 4. The van der Waals surface area contributed by atoms with Crippen LogP contribution in [0.25, 0.3) is 0 Å². The van der Waals surface area contributed by atoms with E-state index in [1.807, 2.05) is 0 Å². The number of carbonyl (C=O) groups is 4. The van der Waals surface area contributed by atoms with Gasteiger partial charge < -0.3 is 33.8 Å². The Balaban J connectivity index is 5.18. The van der Waals surface area contributed by atoms with Crippen LogP contribution in [-0.4, -0.2) is 96.7 Å². The van der Waals surface area contributed by atoms with E-state index in [1.54, 1.807) is 0 Å².